The first kappa shape index (κ1) is 25.4. The molecule has 190 valence electrons. The summed E-state index contributed by atoms with van der Waals surface area (Å²) >= 11 is 0. The van der Waals surface area contributed by atoms with Gasteiger partial charge >= 0.3 is 0 Å². The zero-order valence-electron chi connectivity index (χ0n) is 20.1. The van der Waals surface area contributed by atoms with Crippen LogP contribution in [0.3, 0.4) is 0 Å². The molecule has 2 atom stereocenters. The molecular weight excluding hydrogens is 469 g/mol. The number of sulfonamides is 1. The monoisotopic (exact) mass is 503 g/mol. The SMILES string of the molecule is COc1cccc(S(=O)(=O)N[C@@H](CC2CCCCC2)C(=O)NCCC2CNc3ccc(F)cc32)c1. The van der Waals surface area contributed by atoms with E-state index in [0.29, 0.717) is 37.6 Å². The summed E-state index contributed by atoms with van der Waals surface area (Å²) in [6.07, 6.45) is 6.49. The van der Waals surface area contributed by atoms with E-state index in [1.807, 2.05) is 0 Å². The van der Waals surface area contributed by atoms with Gasteiger partial charge in [-0.1, -0.05) is 38.2 Å². The molecule has 2 aromatic rings. The number of hydrogen-bond donors (Lipinski definition) is 3. The predicted octanol–water partition coefficient (Wildman–Crippen LogP) is 4.17. The number of amides is 1. The lowest BCUT2D eigenvalue weighted by atomic mass is 9.85. The van der Waals surface area contributed by atoms with Gasteiger partial charge in [0.25, 0.3) is 0 Å². The minimum Gasteiger partial charge on any atom is -0.497 e. The third-order valence-corrected chi connectivity index (χ3v) is 8.51. The number of halogens is 1. The van der Waals surface area contributed by atoms with Crippen molar-refractivity contribution in [3.8, 4) is 5.75 Å². The highest BCUT2D eigenvalue weighted by molar-refractivity contribution is 7.89. The number of anilines is 1. The molecule has 0 aromatic heterocycles. The largest absolute Gasteiger partial charge is 0.497 e. The van der Waals surface area contributed by atoms with Crippen LogP contribution in [-0.2, 0) is 14.8 Å². The molecule has 35 heavy (non-hydrogen) atoms. The Balaban J connectivity index is 1.42. The molecule has 0 spiro atoms. The molecule has 1 saturated carbocycles. The maximum atomic E-state index is 13.7. The highest BCUT2D eigenvalue weighted by Crippen LogP contribution is 2.34. The lowest BCUT2D eigenvalue weighted by molar-refractivity contribution is -0.123. The second-order valence-electron chi connectivity index (χ2n) is 9.48. The maximum absolute atomic E-state index is 13.7. The van der Waals surface area contributed by atoms with Crippen LogP contribution in [0.1, 0.15) is 56.4 Å². The number of ether oxygens (including phenoxy) is 1. The van der Waals surface area contributed by atoms with Crippen molar-refractivity contribution in [1.82, 2.24) is 10.0 Å². The Kier molecular flexibility index (Phi) is 8.28. The standard InChI is InChI=1S/C26H34FN3O4S/c1-34-21-8-5-9-22(16-21)35(32,33)30-25(14-18-6-3-2-4-7-18)26(31)28-13-12-19-17-29-24-11-10-20(27)15-23(19)24/h5,8-11,15-16,18-19,25,29-30H,2-4,6-7,12-14,17H2,1H3,(H,28,31)/t19?,25-/m0/s1. The van der Waals surface area contributed by atoms with Crippen molar-refractivity contribution >= 4 is 21.6 Å². The summed E-state index contributed by atoms with van der Waals surface area (Å²) in [6.45, 7) is 1.06. The summed E-state index contributed by atoms with van der Waals surface area (Å²) in [7, 11) is -2.44. The summed E-state index contributed by atoms with van der Waals surface area (Å²) in [5, 5.41) is 6.20. The van der Waals surface area contributed by atoms with Gasteiger partial charge < -0.3 is 15.4 Å². The van der Waals surface area contributed by atoms with Crippen LogP contribution in [0.4, 0.5) is 10.1 Å². The topological polar surface area (TPSA) is 96.5 Å². The minimum atomic E-state index is -3.92. The Morgan fingerprint density at radius 2 is 1.97 bits per heavy atom. The molecule has 1 fully saturated rings. The molecule has 1 unspecified atom stereocenters. The van der Waals surface area contributed by atoms with Gasteiger partial charge in [-0.25, -0.2) is 12.8 Å². The van der Waals surface area contributed by atoms with Crippen LogP contribution in [0.2, 0.25) is 0 Å². The summed E-state index contributed by atoms with van der Waals surface area (Å²) < 4.78 is 47.7. The average Bonchev–Trinajstić information content (AvgIpc) is 3.26. The fourth-order valence-corrected chi connectivity index (χ4v) is 6.36. The summed E-state index contributed by atoms with van der Waals surface area (Å²) in [4.78, 5) is 13.2. The molecule has 7 nitrogen and oxygen atoms in total. The predicted molar refractivity (Wildman–Crippen MR) is 134 cm³/mol. The third kappa shape index (κ3) is 6.52. The van der Waals surface area contributed by atoms with E-state index in [1.54, 1.807) is 18.2 Å². The number of fused-ring (bicyclic) bond motifs is 1. The highest BCUT2D eigenvalue weighted by Gasteiger charge is 2.30. The smallest absolute Gasteiger partial charge is 0.241 e. The molecule has 0 radical (unpaired) electrons. The summed E-state index contributed by atoms with van der Waals surface area (Å²) in [5.41, 5.74) is 1.83. The van der Waals surface area contributed by atoms with Gasteiger partial charge in [0.2, 0.25) is 15.9 Å². The molecule has 1 aliphatic carbocycles. The van der Waals surface area contributed by atoms with Gasteiger partial charge in [-0.3, -0.25) is 4.79 Å². The fraction of sp³-hybridized carbons (Fsp3) is 0.500. The van der Waals surface area contributed by atoms with Crippen LogP contribution in [0, 0.1) is 11.7 Å². The molecular formula is C26H34FN3O4S. The van der Waals surface area contributed by atoms with Crippen molar-refractivity contribution in [3.05, 3.63) is 53.8 Å². The number of carbonyl (C=O) groups excluding carboxylic acids is 1. The summed E-state index contributed by atoms with van der Waals surface area (Å²) in [5.74, 6) is 0.226. The number of methoxy groups -OCH3 is 1. The van der Waals surface area contributed by atoms with Crippen LogP contribution in [0.15, 0.2) is 47.4 Å². The highest BCUT2D eigenvalue weighted by atomic mass is 32.2. The molecule has 1 amide bonds. The van der Waals surface area contributed by atoms with Gasteiger partial charge in [-0.2, -0.15) is 4.72 Å². The summed E-state index contributed by atoms with van der Waals surface area (Å²) in [6, 6.07) is 10.1. The molecule has 1 heterocycles. The van der Waals surface area contributed by atoms with E-state index in [1.165, 1.54) is 37.8 Å². The molecule has 3 N–H and O–H groups in total. The Morgan fingerprint density at radius 3 is 2.74 bits per heavy atom. The van der Waals surface area contributed by atoms with Crippen molar-refractivity contribution < 1.29 is 22.3 Å². The zero-order valence-corrected chi connectivity index (χ0v) is 20.9. The van der Waals surface area contributed by atoms with Crippen molar-refractivity contribution in [2.45, 2.75) is 61.8 Å². The number of benzene rings is 2. The average molecular weight is 504 g/mol. The van der Waals surface area contributed by atoms with Crippen LogP contribution >= 0.6 is 0 Å². The number of carbonyl (C=O) groups is 1. The first-order valence-electron chi connectivity index (χ1n) is 12.3. The van der Waals surface area contributed by atoms with Crippen molar-refractivity contribution in [1.29, 1.82) is 0 Å². The Hall–Kier alpha value is -2.65. The lowest BCUT2D eigenvalue weighted by Crippen LogP contribution is -2.48. The molecule has 2 aliphatic rings. The van der Waals surface area contributed by atoms with Crippen LogP contribution in [0.5, 0.6) is 5.75 Å². The minimum absolute atomic E-state index is 0.0638. The van der Waals surface area contributed by atoms with E-state index in [0.717, 1.165) is 36.9 Å². The van der Waals surface area contributed by atoms with Gasteiger partial charge in [-0.15, -0.1) is 0 Å². The van der Waals surface area contributed by atoms with Gasteiger partial charge in [-0.05, 0) is 54.7 Å². The van der Waals surface area contributed by atoms with Crippen molar-refractivity contribution in [2.24, 2.45) is 5.92 Å². The van der Waals surface area contributed by atoms with Gasteiger partial charge in [0, 0.05) is 30.8 Å². The second-order valence-corrected chi connectivity index (χ2v) is 11.2. The van der Waals surface area contributed by atoms with E-state index in [4.69, 9.17) is 4.74 Å². The molecule has 1 aliphatic heterocycles. The van der Waals surface area contributed by atoms with Gasteiger partial charge in [0.15, 0.2) is 0 Å². The van der Waals surface area contributed by atoms with E-state index in [9.17, 15) is 17.6 Å². The van der Waals surface area contributed by atoms with E-state index in [-0.39, 0.29) is 22.5 Å². The first-order valence-corrected chi connectivity index (χ1v) is 13.8. The molecule has 0 saturated heterocycles. The maximum Gasteiger partial charge on any atom is 0.241 e. The molecule has 2 aromatic carbocycles. The van der Waals surface area contributed by atoms with Crippen LogP contribution in [-0.4, -0.2) is 40.6 Å². The van der Waals surface area contributed by atoms with E-state index >= 15 is 0 Å². The number of rotatable bonds is 10. The first-order chi connectivity index (χ1) is 16.9. The molecule has 4 rings (SSSR count). The fourth-order valence-electron chi connectivity index (χ4n) is 5.11. The normalized spacial score (nSPS) is 19.0. The Morgan fingerprint density at radius 1 is 1.17 bits per heavy atom. The van der Waals surface area contributed by atoms with Gasteiger partial charge in [0.1, 0.15) is 17.6 Å². The lowest BCUT2D eigenvalue weighted by Gasteiger charge is -2.26. The van der Waals surface area contributed by atoms with Crippen LogP contribution < -0.4 is 20.1 Å². The van der Waals surface area contributed by atoms with Crippen LogP contribution in [0.25, 0.3) is 0 Å². The second kappa shape index (κ2) is 11.4. The van der Waals surface area contributed by atoms with Crippen molar-refractivity contribution in [2.75, 3.05) is 25.5 Å². The molecule has 0 bridgehead atoms. The third-order valence-electron chi connectivity index (χ3n) is 7.04. The van der Waals surface area contributed by atoms with E-state index < -0.39 is 16.1 Å². The quantitative estimate of drug-likeness (QED) is 0.452. The van der Waals surface area contributed by atoms with Crippen molar-refractivity contribution in [3.63, 3.8) is 0 Å². The Bertz CT molecular complexity index is 1140. The number of hydrogen-bond acceptors (Lipinski definition) is 5. The number of nitrogens with one attached hydrogen (secondary N) is 3. The zero-order chi connectivity index (χ0) is 24.8. The van der Waals surface area contributed by atoms with Gasteiger partial charge in [0.05, 0.1) is 12.0 Å². The molecule has 9 heteroatoms. The van der Waals surface area contributed by atoms with E-state index in [2.05, 4.69) is 15.4 Å². The Labute approximate surface area is 206 Å².